The van der Waals surface area contributed by atoms with Crippen LogP contribution in [-0.2, 0) is 17.9 Å². The van der Waals surface area contributed by atoms with Crippen LogP contribution in [0.2, 0.25) is 0 Å². The molecule has 2 N–H and O–H groups in total. The molecule has 1 fully saturated rings. The molecular weight excluding hydrogens is 266 g/mol. The lowest BCUT2D eigenvalue weighted by atomic mass is 10.1. The van der Waals surface area contributed by atoms with Gasteiger partial charge in [0.25, 0.3) is 0 Å². The molecule has 3 heteroatoms. The highest BCUT2D eigenvalue weighted by Gasteiger charge is 2.16. The molecule has 2 nitrogen and oxygen atoms in total. The standard InChI is InChI=1S/C17H23NOS/c18-11-17-15(14-9-5-6-10-16(14)20-17)12-19-13-7-3-1-2-4-8-13/h5-6,9-10,13H,1-4,7-8,11-12,18H2. The van der Waals surface area contributed by atoms with Gasteiger partial charge in [-0.2, -0.15) is 0 Å². The minimum absolute atomic E-state index is 0.446. The summed E-state index contributed by atoms with van der Waals surface area (Å²) in [5, 5.41) is 1.33. The third-order valence-corrected chi connectivity index (χ3v) is 5.47. The van der Waals surface area contributed by atoms with E-state index >= 15 is 0 Å². The minimum atomic E-state index is 0.446. The molecular formula is C17H23NOS. The van der Waals surface area contributed by atoms with Crippen LogP contribution >= 0.6 is 11.3 Å². The summed E-state index contributed by atoms with van der Waals surface area (Å²) in [6.07, 6.45) is 8.27. The van der Waals surface area contributed by atoms with Crippen molar-refractivity contribution >= 4 is 21.4 Å². The van der Waals surface area contributed by atoms with Gasteiger partial charge in [0, 0.05) is 21.7 Å². The Morgan fingerprint density at radius 2 is 1.85 bits per heavy atom. The molecule has 108 valence electrons. The van der Waals surface area contributed by atoms with Gasteiger partial charge in [0.05, 0.1) is 12.7 Å². The van der Waals surface area contributed by atoms with E-state index in [9.17, 15) is 0 Å². The monoisotopic (exact) mass is 289 g/mol. The van der Waals surface area contributed by atoms with Gasteiger partial charge in [0.1, 0.15) is 0 Å². The van der Waals surface area contributed by atoms with E-state index < -0.39 is 0 Å². The van der Waals surface area contributed by atoms with Gasteiger partial charge >= 0.3 is 0 Å². The average Bonchev–Trinajstić information content (AvgIpc) is 2.65. The summed E-state index contributed by atoms with van der Waals surface area (Å²) < 4.78 is 7.54. The second-order valence-electron chi connectivity index (χ2n) is 5.63. The summed E-state index contributed by atoms with van der Waals surface area (Å²) in [4.78, 5) is 1.28. The van der Waals surface area contributed by atoms with Crippen molar-refractivity contribution in [1.29, 1.82) is 0 Å². The Kier molecular flexibility index (Phi) is 4.71. The maximum atomic E-state index is 6.21. The first-order chi connectivity index (χ1) is 9.88. The Bertz CT molecular complexity index is 555. The lowest BCUT2D eigenvalue weighted by molar-refractivity contribution is 0.0314. The topological polar surface area (TPSA) is 35.2 Å². The minimum Gasteiger partial charge on any atom is -0.373 e. The quantitative estimate of drug-likeness (QED) is 0.835. The average molecular weight is 289 g/mol. The first kappa shape index (κ1) is 14.1. The van der Waals surface area contributed by atoms with Crippen LogP contribution in [0.4, 0.5) is 0 Å². The van der Waals surface area contributed by atoms with E-state index in [-0.39, 0.29) is 0 Å². The third kappa shape index (κ3) is 3.05. The zero-order valence-corrected chi connectivity index (χ0v) is 12.8. The van der Waals surface area contributed by atoms with Crippen molar-refractivity contribution in [2.75, 3.05) is 0 Å². The molecule has 20 heavy (non-hydrogen) atoms. The number of fused-ring (bicyclic) bond motifs is 1. The van der Waals surface area contributed by atoms with E-state index in [4.69, 9.17) is 10.5 Å². The second-order valence-corrected chi connectivity index (χ2v) is 6.77. The van der Waals surface area contributed by atoms with E-state index in [1.54, 1.807) is 0 Å². The van der Waals surface area contributed by atoms with Crippen LogP contribution in [0.5, 0.6) is 0 Å². The zero-order chi connectivity index (χ0) is 13.8. The van der Waals surface area contributed by atoms with Crippen LogP contribution in [0.1, 0.15) is 49.0 Å². The Morgan fingerprint density at radius 3 is 2.60 bits per heavy atom. The highest BCUT2D eigenvalue weighted by atomic mass is 32.1. The Morgan fingerprint density at radius 1 is 1.10 bits per heavy atom. The van der Waals surface area contributed by atoms with Crippen LogP contribution in [0, 0.1) is 0 Å². The second kappa shape index (κ2) is 6.70. The number of ether oxygens (including phenoxy) is 1. The van der Waals surface area contributed by atoms with Crippen molar-refractivity contribution in [3.05, 3.63) is 34.7 Å². The molecule has 0 bridgehead atoms. The first-order valence-electron chi connectivity index (χ1n) is 7.69. The van der Waals surface area contributed by atoms with E-state index in [2.05, 4.69) is 24.3 Å². The van der Waals surface area contributed by atoms with Gasteiger partial charge in [-0.1, -0.05) is 43.9 Å². The summed E-state index contributed by atoms with van der Waals surface area (Å²) >= 11 is 1.81. The normalized spacial score (nSPS) is 17.4. The predicted octanol–water partition coefficient (Wildman–Crippen LogP) is 4.60. The van der Waals surface area contributed by atoms with Crippen LogP contribution in [0.3, 0.4) is 0 Å². The van der Waals surface area contributed by atoms with Crippen molar-refractivity contribution in [1.82, 2.24) is 0 Å². The fraction of sp³-hybridized carbons (Fsp3) is 0.529. The molecule has 0 amide bonds. The van der Waals surface area contributed by atoms with Gasteiger partial charge in [-0.05, 0) is 24.3 Å². The number of hydrogen-bond donors (Lipinski definition) is 1. The van der Waals surface area contributed by atoms with Gasteiger partial charge in [-0.3, -0.25) is 0 Å². The molecule has 1 aromatic carbocycles. The summed E-state index contributed by atoms with van der Waals surface area (Å²) in [7, 11) is 0. The summed E-state index contributed by atoms with van der Waals surface area (Å²) in [5.41, 5.74) is 7.22. The van der Waals surface area contributed by atoms with Gasteiger partial charge in [0.2, 0.25) is 0 Å². The lowest BCUT2D eigenvalue weighted by Crippen LogP contribution is -2.12. The van der Waals surface area contributed by atoms with E-state index in [1.165, 1.54) is 59.1 Å². The molecule has 0 spiro atoms. The number of benzene rings is 1. The Balaban J connectivity index is 1.75. The van der Waals surface area contributed by atoms with Crippen molar-refractivity contribution in [2.45, 2.75) is 57.8 Å². The van der Waals surface area contributed by atoms with Crippen LogP contribution in [0.25, 0.3) is 10.1 Å². The van der Waals surface area contributed by atoms with Crippen LogP contribution in [-0.4, -0.2) is 6.10 Å². The molecule has 0 aliphatic heterocycles. The maximum absolute atomic E-state index is 6.21. The molecule has 2 aromatic rings. The molecule has 1 saturated carbocycles. The molecule has 1 aromatic heterocycles. The SMILES string of the molecule is NCc1sc2ccccc2c1COC1CCCCCC1. The van der Waals surface area contributed by atoms with Crippen LogP contribution < -0.4 is 5.73 Å². The highest BCUT2D eigenvalue weighted by molar-refractivity contribution is 7.19. The number of nitrogens with two attached hydrogens (primary N) is 1. The molecule has 0 saturated heterocycles. The fourth-order valence-electron chi connectivity index (χ4n) is 3.08. The summed E-state index contributed by atoms with van der Waals surface area (Å²) in [6, 6.07) is 8.56. The fourth-order valence-corrected chi connectivity index (χ4v) is 4.17. The lowest BCUT2D eigenvalue weighted by Gasteiger charge is -2.15. The van der Waals surface area contributed by atoms with Gasteiger partial charge in [0.15, 0.2) is 0 Å². The molecule has 1 aliphatic rings. The molecule has 0 atom stereocenters. The maximum Gasteiger partial charge on any atom is 0.0738 e. The number of rotatable bonds is 4. The summed E-state index contributed by atoms with van der Waals surface area (Å²) in [5.74, 6) is 0. The summed E-state index contributed by atoms with van der Waals surface area (Å²) in [6.45, 7) is 1.34. The molecule has 0 radical (unpaired) electrons. The largest absolute Gasteiger partial charge is 0.373 e. The van der Waals surface area contributed by atoms with Crippen LogP contribution in [0.15, 0.2) is 24.3 Å². The van der Waals surface area contributed by atoms with E-state index in [0.717, 1.165) is 6.61 Å². The molecule has 3 rings (SSSR count). The zero-order valence-electron chi connectivity index (χ0n) is 11.9. The van der Waals surface area contributed by atoms with Crippen molar-refractivity contribution in [2.24, 2.45) is 5.73 Å². The van der Waals surface area contributed by atoms with Gasteiger partial charge in [-0.15, -0.1) is 11.3 Å². The highest BCUT2D eigenvalue weighted by Crippen LogP contribution is 2.32. The molecule has 1 aliphatic carbocycles. The van der Waals surface area contributed by atoms with Gasteiger partial charge < -0.3 is 10.5 Å². The molecule has 0 unspecified atom stereocenters. The molecule has 1 heterocycles. The smallest absolute Gasteiger partial charge is 0.0738 e. The van der Waals surface area contributed by atoms with Crippen molar-refractivity contribution in [3.8, 4) is 0 Å². The predicted molar refractivity (Wildman–Crippen MR) is 86.0 cm³/mol. The first-order valence-corrected chi connectivity index (χ1v) is 8.51. The van der Waals surface area contributed by atoms with E-state index in [1.807, 2.05) is 11.3 Å². The number of hydrogen-bond acceptors (Lipinski definition) is 3. The van der Waals surface area contributed by atoms with Gasteiger partial charge in [-0.25, -0.2) is 0 Å². The van der Waals surface area contributed by atoms with Crippen molar-refractivity contribution in [3.63, 3.8) is 0 Å². The Hall–Kier alpha value is -0.900. The van der Waals surface area contributed by atoms with E-state index in [0.29, 0.717) is 12.6 Å². The van der Waals surface area contributed by atoms with Crippen molar-refractivity contribution < 1.29 is 4.74 Å². The Labute approximate surface area is 124 Å². The third-order valence-electron chi connectivity index (χ3n) is 4.23. The number of thiophene rings is 1.